The van der Waals surface area contributed by atoms with Gasteiger partial charge in [0.05, 0.1) is 12.2 Å². The number of aryl methyl sites for hydroxylation is 2. The number of carbonyl (C=O) groups excluding carboxylic acids is 1. The number of hydrogen-bond acceptors (Lipinski definition) is 4. The maximum Gasteiger partial charge on any atom is 0.337 e. The molecule has 0 unspecified atom stereocenters. The molecule has 1 aromatic rings. The van der Waals surface area contributed by atoms with Crippen molar-refractivity contribution in [2.75, 3.05) is 19.7 Å². The molecular weight excluding hydrogens is 276 g/mol. The second-order valence-corrected chi connectivity index (χ2v) is 6.30. The summed E-state index contributed by atoms with van der Waals surface area (Å²) in [7, 11) is 0. The van der Waals surface area contributed by atoms with E-state index in [2.05, 4.69) is 30.9 Å². The second kappa shape index (κ2) is 5.76. The van der Waals surface area contributed by atoms with E-state index in [0.29, 0.717) is 36.9 Å². The molecule has 0 aromatic heterocycles. The van der Waals surface area contributed by atoms with Gasteiger partial charge in [0.25, 0.3) is 0 Å². The van der Waals surface area contributed by atoms with Crippen molar-refractivity contribution < 1.29 is 9.53 Å². The van der Waals surface area contributed by atoms with Crippen molar-refractivity contribution >= 4 is 5.97 Å². The van der Waals surface area contributed by atoms with Gasteiger partial charge in [-0.2, -0.15) is 0 Å². The number of rotatable bonds is 2. The molecule has 3 rings (SSSR count). The fourth-order valence-corrected chi connectivity index (χ4v) is 3.52. The maximum atomic E-state index is 12.0. The van der Waals surface area contributed by atoms with E-state index in [1.807, 2.05) is 6.92 Å². The summed E-state index contributed by atoms with van der Waals surface area (Å²) in [4.78, 5) is 14.4. The van der Waals surface area contributed by atoms with E-state index in [9.17, 15) is 4.79 Å². The van der Waals surface area contributed by atoms with Crippen molar-refractivity contribution in [2.45, 2.75) is 39.7 Å². The number of benzene rings is 1. The molecule has 4 nitrogen and oxygen atoms in total. The Morgan fingerprint density at radius 2 is 2.09 bits per heavy atom. The molecule has 0 radical (unpaired) electrons. The maximum absolute atomic E-state index is 12.0. The molecule has 0 amide bonds. The predicted octanol–water partition coefficient (Wildman–Crippen LogP) is 2.38. The molecule has 0 saturated carbocycles. The minimum atomic E-state index is -0.260. The molecule has 0 saturated heterocycles. The first-order valence-electron chi connectivity index (χ1n) is 8.00. The third kappa shape index (κ3) is 2.52. The second-order valence-electron chi connectivity index (χ2n) is 6.30. The lowest BCUT2D eigenvalue weighted by atomic mass is 9.84. The fraction of sp³-hybridized carbons (Fsp3) is 0.500. The zero-order chi connectivity index (χ0) is 15.9. The largest absolute Gasteiger partial charge is 0.463 e. The van der Waals surface area contributed by atoms with Crippen LogP contribution in [0.25, 0.3) is 0 Å². The highest BCUT2D eigenvalue weighted by Gasteiger charge is 2.35. The highest BCUT2D eigenvalue weighted by Crippen LogP contribution is 2.38. The van der Waals surface area contributed by atoms with Gasteiger partial charge in [0.15, 0.2) is 0 Å². The van der Waals surface area contributed by atoms with Gasteiger partial charge in [0.1, 0.15) is 0 Å². The molecule has 118 valence electrons. The standard InChI is InChI=1S/C18H24N2O2/c1-4-22-18(21)15-10-20-6-5-13-7-11(2)12(3)8-14(13)17(20)9-16(15)19/h7-8,17H,4-6,9-10,19H2,1-3H3/t17-/m0/s1. The molecule has 2 aliphatic heterocycles. The quantitative estimate of drug-likeness (QED) is 0.852. The number of ether oxygens (including phenoxy) is 1. The highest BCUT2D eigenvalue weighted by molar-refractivity contribution is 5.90. The van der Waals surface area contributed by atoms with Crippen LogP contribution in [0.1, 0.15) is 41.6 Å². The number of carbonyl (C=O) groups is 1. The minimum absolute atomic E-state index is 0.260. The van der Waals surface area contributed by atoms with Crippen molar-refractivity contribution in [3.8, 4) is 0 Å². The van der Waals surface area contributed by atoms with Gasteiger partial charge in [-0.1, -0.05) is 12.1 Å². The van der Waals surface area contributed by atoms with Crippen LogP contribution in [0.3, 0.4) is 0 Å². The number of hydrogen-bond donors (Lipinski definition) is 1. The van der Waals surface area contributed by atoms with Crippen LogP contribution in [0, 0.1) is 13.8 Å². The van der Waals surface area contributed by atoms with Crippen molar-refractivity contribution in [3.05, 3.63) is 45.7 Å². The third-order valence-electron chi connectivity index (χ3n) is 4.91. The summed E-state index contributed by atoms with van der Waals surface area (Å²) in [5.41, 5.74) is 13.0. The normalized spacial score (nSPS) is 21.3. The van der Waals surface area contributed by atoms with Gasteiger partial charge in [-0.15, -0.1) is 0 Å². The summed E-state index contributed by atoms with van der Waals surface area (Å²) in [6.07, 6.45) is 1.74. The Hall–Kier alpha value is -1.81. The number of esters is 1. The Bertz CT molecular complexity index is 649. The van der Waals surface area contributed by atoms with E-state index >= 15 is 0 Å². The molecule has 2 aliphatic rings. The van der Waals surface area contributed by atoms with Gasteiger partial charge in [-0.3, -0.25) is 4.90 Å². The van der Waals surface area contributed by atoms with Gasteiger partial charge in [-0.05, 0) is 49.4 Å². The Balaban J connectivity index is 1.94. The average molecular weight is 300 g/mol. The van der Waals surface area contributed by atoms with E-state index in [1.165, 1.54) is 22.3 Å². The molecule has 2 heterocycles. The molecule has 4 heteroatoms. The highest BCUT2D eigenvalue weighted by atomic mass is 16.5. The zero-order valence-corrected chi connectivity index (χ0v) is 13.6. The monoisotopic (exact) mass is 300 g/mol. The van der Waals surface area contributed by atoms with Crippen molar-refractivity contribution in [2.24, 2.45) is 5.73 Å². The summed E-state index contributed by atoms with van der Waals surface area (Å²) < 4.78 is 5.13. The first kappa shape index (κ1) is 15.1. The smallest absolute Gasteiger partial charge is 0.337 e. The third-order valence-corrected chi connectivity index (χ3v) is 4.91. The molecule has 0 aliphatic carbocycles. The summed E-state index contributed by atoms with van der Waals surface area (Å²) in [5.74, 6) is -0.260. The number of nitrogens with two attached hydrogens (primary N) is 1. The first-order chi connectivity index (χ1) is 10.5. The summed E-state index contributed by atoms with van der Waals surface area (Å²) in [5, 5.41) is 0. The van der Waals surface area contributed by atoms with Crippen molar-refractivity contribution in [3.63, 3.8) is 0 Å². The predicted molar refractivity (Wildman–Crippen MR) is 86.4 cm³/mol. The van der Waals surface area contributed by atoms with E-state index in [0.717, 1.165) is 13.0 Å². The lowest BCUT2D eigenvalue weighted by Crippen LogP contribution is -2.42. The molecule has 1 aromatic carbocycles. The van der Waals surface area contributed by atoms with Crippen LogP contribution in [-0.2, 0) is 16.0 Å². The van der Waals surface area contributed by atoms with Crippen LogP contribution >= 0.6 is 0 Å². The van der Waals surface area contributed by atoms with E-state index in [-0.39, 0.29) is 5.97 Å². The summed E-state index contributed by atoms with van der Waals surface area (Å²) in [6.45, 7) is 8.09. The van der Waals surface area contributed by atoms with E-state index in [4.69, 9.17) is 10.5 Å². The molecule has 0 spiro atoms. The molecular formula is C18H24N2O2. The van der Waals surface area contributed by atoms with Crippen LogP contribution in [0.5, 0.6) is 0 Å². The minimum Gasteiger partial charge on any atom is -0.463 e. The van der Waals surface area contributed by atoms with Gasteiger partial charge in [0, 0.05) is 31.2 Å². The Morgan fingerprint density at radius 3 is 2.82 bits per heavy atom. The average Bonchev–Trinajstić information content (AvgIpc) is 2.48. The SMILES string of the molecule is CCOC(=O)C1=C(N)C[C@H]2c3cc(C)c(C)cc3CCN2C1. The lowest BCUT2D eigenvalue weighted by Gasteiger charge is -2.41. The summed E-state index contributed by atoms with van der Waals surface area (Å²) in [6, 6.07) is 4.90. The molecule has 2 N–H and O–H groups in total. The van der Waals surface area contributed by atoms with Crippen LogP contribution in [0.2, 0.25) is 0 Å². The van der Waals surface area contributed by atoms with Gasteiger partial charge in [-0.25, -0.2) is 4.79 Å². The zero-order valence-electron chi connectivity index (χ0n) is 13.6. The Morgan fingerprint density at radius 1 is 1.36 bits per heavy atom. The topological polar surface area (TPSA) is 55.6 Å². The van der Waals surface area contributed by atoms with Crippen molar-refractivity contribution in [1.82, 2.24) is 4.90 Å². The van der Waals surface area contributed by atoms with Crippen molar-refractivity contribution in [1.29, 1.82) is 0 Å². The number of fused-ring (bicyclic) bond motifs is 3. The van der Waals surface area contributed by atoms with Gasteiger partial charge >= 0.3 is 5.97 Å². The lowest BCUT2D eigenvalue weighted by molar-refractivity contribution is -0.139. The van der Waals surface area contributed by atoms with Crippen LogP contribution in [0.4, 0.5) is 0 Å². The Labute approximate surface area is 131 Å². The van der Waals surface area contributed by atoms with Crippen LogP contribution < -0.4 is 5.73 Å². The van der Waals surface area contributed by atoms with E-state index < -0.39 is 0 Å². The molecule has 0 bridgehead atoms. The molecule has 0 fully saturated rings. The summed E-state index contributed by atoms with van der Waals surface area (Å²) >= 11 is 0. The number of nitrogens with zero attached hydrogens (tertiary/aromatic N) is 1. The van der Waals surface area contributed by atoms with Gasteiger partial charge in [0.2, 0.25) is 0 Å². The Kier molecular flexibility index (Phi) is 3.96. The fourth-order valence-electron chi connectivity index (χ4n) is 3.52. The molecule has 22 heavy (non-hydrogen) atoms. The van der Waals surface area contributed by atoms with Crippen LogP contribution in [-0.4, -0.2) is 30.6 Å². The molecule has 1 atom stereocenters. The first-order valence-corrected chi connectivity index (χ1v) is 8.00. The van der Waals surface area contributed by atoms with Crippen LogP contribution in [0.15, 0.2) is 23.4 Å². The van der Waals surface area contributed by atoms with Gasteiger partial charge < -0.3 is 10.5 Å². The van der Waals surface area contributed by atoms with E-state index in [1.54, 1.807) is 0 Å².